The number of rotatable bonds is 13. The minimum absolute atomic E-state index is 0.0353. The van der Waals surface area contributed by atoms with Gasteiger partial charge in [0, 0.05) is 42.1 Å². The lowest BCUT2D eigenvalue weighted by Gasteiger charge is -2.22. The first kappa shape index (κ1) is 29.4. The van der Waals surface area contributed by atoms with Gasteiger partial charge in [-0.05, 0) is 50.2 Å². The molecule has 3 rings (SSSR count). The Hall–Kier alpha value is -5.13. The van der Waals surface area contributed by atoms with Crippen LogP contribution in [0.4, 0.5) is 34.1 Å². The maximum absolute atomic E-state index is 11.6. The summed E-state index contributed by atoms with van der Waals surface area (Å²) in [4.78, 5) is 24.0. The van der Waals surface area contributed by atoms with E-state index in [1.54, 1.807) is 19.1 Å². The predicted molar refractivity (Wildman–Crippen MR) is 151 cm³/mol. The van der Waals surface area contributed by atoms with Crippen LogP contribution in [-0.4, -0.2) is 44.8 Å². The lowest BCUT2D eigenvalue weighted by atomic mass is 10.2. The van der Waals surface area contributed by atoms with Crippen molar-refractivity contribution in [1.29, 1.82) is 0 Å². The van der Waals surface area contributed by atoms with Gasteiger partial charge in [-0.3, -0.25) is 10.1 Å². The molecule has 0 saturated carbocycles. The number of nitro benzene ring substituents is 1. The van der Waals surface area contributed by atoms with Gasteiger partial charge < -0.3 is 19.1 Å². The Kier molecular flexibility index (Phi) is 10.4. The van der Waals surface area contributed by atoms with Gasteiger partial charge in [0.05, 0.1) is 37.1 Å². The van der Waals surface area contributed by atoms with Crippen LogP contribution >= 0.6 is 0 Å². The Morgan fingerprint density at radius 1 is 0.900 bits per heavy atom. The first-order valence-electron chi connectivity index (χ1n) is 12.3. The van der Waals surface area contributed by atoms with Gasteiger partial charge in [-0.1, -0.05) is 6.58 Å². The van der Waals surface area contributed by atoms with Gasteiger partial charge in [0.2, 0.25) is 0 Å². The monoisotopic (exact) mass is 546 g/mol. The van der Waals surface area contributed by atoms with Crippen LogP contribution in [0.5, 0.6) is 11.5 Å². The molecule has 0 amide bonds. The average Bonchev–Trinajstić information content (AvgIpc) is 2.97. The van der Waals surface area contributed by atoms with Crippen molar-refractivity contribution in [3.05, 3.63) is 82.9 Å². The summed E-state index contributed by atoms with van der Waals surface area (Å²) in [6.07, 6.45) is 0. The van der Waals surface area contributed by atoms with Crippen LogP contribution in [0, 0.1) is 10.1 Å². The second-order valence-corrected chi connectivity index (χ2v) is 8.38. The van der Waals surface area contributed by atoms with Crippen molar-refractivity contribution in [2.75, 3.05) is 38.8 Å². The zero-order valence-corrected chi connectivity index (χ0v) is 22.7. The Bertz CT molecular complexity index is 1400. The van der Waals surface area contributed by atoms with E-state index in [9.17, 15) is 14.9 Å². The highest BCUT2D eigenvalue weighted by atomic mass is 16.6. The summed E-state index contributed by atoms with van der Waals surface area (Å²) >= 11 is 0. The maximum Gasteiger partial charge on any atom is 0.333 e. The van der Waals surface area contributed by atoms with Gasteiger partial charge in [0.25, 0.3) is 5.69 Å². The highest BCUT2D eigenvalue weighted by Crippen LogP contribution is 2.41. The largest absolute Gasteiger partial charge is 0.494 e. The molecule has 12 heteroatoms. The fraction of sp³-hybridized carbons (Fsp3) is 0.250. The molecule has 0 saturated heterocycles. The number of likely N-dealkylation sites (N-methyl/N-ethyl adjacent to an activating group) is 1. The van der Waals surface area contributed by atoms with Gasteiger partial charge in [0.1, 0.15) is 29.5 Å². The minimum atomic E-state index is -0.483. The maximum atomic E-state index is 11.6. The SMILES string of the molecule is C=C(C)C(=O)OCCN(CC)c1ccc(/N=N/c2cc(OC)c(/N=N/c3ccc([N+](=O)[O-])cc3)cc2OC)cc1. The fourth-order valence-electron chi connectivity index (χ4n) is 3.46. The van der Waals surface area contributed by atoms with E-state index >= 15 is 0 Å². The summed E-state index contributed by atoms with van der Waals surface area (Å²) in [5.41, 5.74) is 3.15. The first-order chi connectivity index (χ1) is 19.2. The third-order valence-electron chi connectivity index (χ3n) is 5.63. The van der Waals surface area contributed by atoms with Crippen LogP contribution in [0.1, 0.15) is 13.8 Å². The molecular formula is C28H30N6O6. The smallest absolute Gasteiger partial charge is 0.333 e. The molecule has 0 heterocycles. The molecule has 208 valence electrons. The van der Waals surface area contributed by atoms with E-state index in [2.05, 4.69) is 31.9 Å². The number of anilines is 1. The molecule has 0 radical (unpaired) electrons. The third-order valence-corrected chi connectivity index (χ3v) is 5.63. The van der Waals surface area contributed by atoms with Gasteiger partial charge in [-0.25, -0.2) is 4.79 Å². The number of benzene rings is 3. The van der Waals surface area contributed by atoms with E-state index in [0.29, 0.717) is 46.4 Å². The minimum Gasteiger partial charge on any atom is -0.494 e. The van der Waals surface area contributed by atoms with Crippen LogP contribution in [0.25, 0.3) is 0 Å². The summed E-state index contributed by atoms with van der Waals surface area (Å²) in [6.45, 7) is 8.75. The molecule has 0 aliphatic heterocycles. The van der Waals surface area contributed by atoms with E-state index in [1.165, 1.54) is 38.5 Å². The standard InChI is InChI=1S/C28H30N6O6/c1-6-33(15-16-40-28(35)19(2)3)22-11-7-20(8-12-22)29-31-24-17-27(39-5)25(18-26(24)38-4)32-30-21-9-13-23(14-10-21)34(36)37/h7-14,17-18H,2,6,15-16H2,1,3-5H3/b31-29+,32-30+. The van der Waals surface area contributed by atoms with Gasteiger partial charge in [-0.15, -0.1) is 10.2 Å². The van der Waals surface area contributed by atoms with Crippen LogP contribution in [-0.2, 0) is 9.53 Å². The number of carbonyl (C=O) groups excluding carboxylic acids is 1. The van der Waals surface area contributed by atoms with Crippen LogP contribution in [0.3, 0.4) is 0 Å². The molecule has 3 aromatic carbocycles. The summed E-state index contributed by atoms with van der Waals surface area (Å²) < 4.78 is 16.1. The molecule has 12 nitrogen and oxygen atoms in total. The normalized spacial score (nSPS) is 11.0. The molecule has 0 aromatic heterocycles. The van der Waals surface area contributed by atoms with Crippen molar-refractivity contribution < 1.29 is 23.9 Å². The second kappa shape index (κ2) is 14.1. The molecule has 0 aliphatic carbocycles. The number of ether oxygens (including phenoxy) is 3. The van der Waals surface area contributed by atoms with E-state index in [4.69, 9.17) is 14.2 Å². The van der Waals surface area contributed by atoms with E-state index in [0.717, 1.165) is 12.2 Å². The Labute approximate surface area is 231 Å². The van der Waals surface area contributed by atoms with Gasteiger partial charge in [-0.2, -0.15) is 10.2 Å². The van der Waals surface area contributed by atoms with Crippen molar-refractivity contribution in [2.24, 2.45) is 20.5 Å². The van der Waals surface area contributed by atoms with Gasteiger partial charge in [0.15, 0.2) is 0 Å². The first-order valence-corrected chi connectivity index (χ1v) is 12.3. The quantitative estimate of drug-likeness (QED) is 0.0715. The lowest BCUT2D eigenvalue weighted by Crippen LogP contribution is -2.28. The number of methoxy groups -OCH3 is 2. The van der Waals surface area contributed by atoms with Crippen LogP contribution in [0.2, 0.25) is 0 Å². The number of hydrogen-bond acceptors (Lipinski definition) is 11. The number of azo groups is 2. The average molecular weight is 547 g/mol. The van der Waals surface area contributed by atoms with Crippen molar-refractivity contribution in [3.63, 3.8) is 0 Å². The molecule has 0 aliphatic rings. The summed E-state index contributed by atoms with van der Waals surface area (Å²) in [5.74, 6) is 0.390. The zero-order valence-electron chi connectivity index (χ0n) is 22.7. The molecule has 3 aromatic rings. The number of nitrogens with zero attached hydrogens (tertiary/aromatic N) is 6. The number of nitro groups is 1. The van der Waals surface area contributed by atoms with Crippen LogP contribution < -0.4 is 14.4 Å². The van der Waals surface area contributed by atoms with Crippen molar-refractivity contribution in [2.45, 2.75) is 13.8 Å². The second-order valence-electron chi connectivity index (χ2n) is 8.38. The fourth-order valence-corrected chi connectivity index (χ4v) is 3.46. The van der Waals surface area contributed by atoms with E-state index in [1.807, 2.05) is 31.2 Å². The Morgan fingerprint density at radius 2 is 1.40 bits per heavy atom. The van der Waals surface area contributed by atoms with Crippen molar-refractivity contribution >= 4 is 40.1 Å². The number of non-ortho nitro benzene ring substituents is 1. The highest BCUT2D eigenvalue weighted by molar-refractivity contribution is 5.86. The van der Waals surface area contributed by atoms with E-state index in [-0.39, 0.29) is 12.3 Å². The summed E-state index contributed by atoms with van der Waals surface area (Å²) in [6, 6.07) is 16.4. The number of hydrogen-bond donors (Lipinski definition) is 0. The van der Waals surface area contributed by atoms with Crippen LogP contribution in [0.15, 0.2) is 93.3 Å². The topological polar surface area (TPSA) is 141 Å². The van der Waals surface area contributed by atoms with Crippen molar-refractivity contribution in [3.8, 4) is 11.5 Å². The predicted octanol–water partition coefficient (Wildman–Crippen LogP) is 7.39. The van der Waals surface area contributed by atoms with Gasteiger partial charge >= 0.3 is 5.97 Å². The zero-order chi connectivity index (χ0) is 29.1. The molecule has 0 spiro atoms. The highest BCUT2D eigenvalue weighted by Gasteiger charge is 2.12. The lowest BCUT2D eigenvalue weighted by molar-refractivity contribution is -0.384. The molecule has 0 unspecified atom stereocenters. The summed E-state index contributed by atoms with van der Waals surface area (Å²) in [7, 11) is 2.99. The Balaban J connectivity index is 1.73. The number of esters is 1. The van der Waals surface area contributed by atoms with E-state index < -0.39 is 10.9 Å². The molecule has 40 heavy (non-hydrogen) atoms. The Morgan fingerprint density at radius 3 is 1.82 bits per heavy atom. The molecular weight excluding hydrogens is 516 g/mol. The van der Waals surface area contributed by atoms with Crippen molar-refractivity contribution in [1.82, 2.24) is 0 Å². The molecule has 0 fully saturated rings. The summed E-state index contributed by atoms with van der Waals surface area (Å²) in [5, 5.41) is 27.8. The third kappa shape index (κ3) is 7.93. The number of carbonyl (C=O) groups is 1. The molecule has 0 bridgehead atoms. The molecule has 0 N–H and O–H groups in total. The molecule has 0 atom stereocenters.